The van der Waals surface area contributed by atoms with Crippen molar-refractivity contribution in [1.29, 1.82) is 0 Å². The molecule has 47 heavy (non-hydrogen) atoms. The van der Waals surface area contributed by atoms with Gasteiger partial charge in [0.05, 0.1) is 19.3 Å². The van der Waals surface area contributed by atoms with Gasteiger partial charge in [0.15, 0.2) is 0 Å². The number of hydrogen-bond donors (Lipinski definition) is 3. The minimum atomic E-state index is -0.459. The van der Waals surface area contributed by atoms with Crippen molar-refractivity contribution in [2.75, 3.05) is 79.8 Å². The molecule has 0 aromatic rings. The van der Waals surface area contributed by atoms with Gasteiger partial charge in [0, 0.05) is 84.7 Å². The van der Waals surface area contributed by atoms with Crippen LogP contribution in [0.3, 0.4) is 0 Å². The highest BCUT2D eigenvalue weighted by atomic mass is 16.6. The summed E-state index contributed by atoms with van der Waals surface area (Å²) in [5.74, 6) is 0. The van der Waals surface area contributed by atoms with E-state index in [2.05, 4.69) is 22.9 Å². The first-order valence-electron chi connectivity index (χ1n) is 16.8. The number of nitrogens with zero attached hydrogens (tertiary/aromatic N) is 3. The molecule has 0 aromatic carbocycles. The first kappa shape index (κ1) is 42.6. The monoisotopic (exact) mass is 674 g/mol. The van der Waals surface area contributed by atoms with Crippen LogP contribution >= 0.6 is 0 Å². The molecule has 0 spiro atoms. The average Bonchev–Trinajstić information content (AvgIpc) is 2.91. The van der Waals surface area contributed by atoms with Gasteiger partial charge in [-0.05, 0) is 76.2 Å². The Kier molecular flexibility index (Phi) is 17.8. The standard InChI is InChI=1S/C12H24N2O3.C11H22N2O3.C10H20N2O2/c1-9-6-13-7-10(8-16-5)14(9)11(15)17-12(2,3)4;1-11(2,3)16-10(14)13-6-5-12-9(7-13)8-15-4;1-8-7-12(6-5-11-8)9(13)14-10(2,3)4/h9-10,13H,6-8H2,1-5H3;9,12H,5-8H2,1-4H3;8,11H,5-7H2,1-4H3. The Bertz CT molecular complexity index is 945. The normalized spacial score (nSPS) is 23.8. The summed E-state index contributed by atoms with van der Waals surface area (Å²) in [5, 5.41) is 9.86. The molecule has 3 saturated heterocycles. The molecular formula is C33H66N6O8. The van der Waals surface area contributed by atoms with Crippen molar-refractivity contribution in [3.05, 3.63) is 0 Å². The molecule has 3 amide bonds. The molecule has 3 fully saturated rings. The lowest BCUT2D eigenvalue weighted by atomic mass is 10.1. The lowest BCUT2D eigenvalue weighted by Crippen LogP contribution is -2.60. The van der Waals surface area contributed by atoms with Crippen molar-refractivity contribution < 1.29 is 38.1 Å². The zero-order valence-electron chi connectivity index (χ0n) is 31.5. The number of nitrogens with one attached hydrogen (secondary N) is 3. The van der Waals surface area contributed by atoms with Gasteiger partial charge in [-0.3, -0.25) is 4.90 Å². The van der Waals surface area contributed by atoms with Crippen LogP contribution in [-0.2, 0) is 23.7 Å². The van der Waals surface area contributed by atoms with E-state index in [1.54, 1.807) is 28.9 Å². The fourth-order valence-corrected chi connectivity index (χ4v) is 5.05. The van der Waals surface area contributed by atoms with Gasteiger partial charge in [0.25, 0.3) is 0 Å². The van der Waals surface area contributed by atoms with E-state index in [1.165, 1.54) is 0 Å². The predicted octanol–water partition coefficient (Wildman–Crippen LogP) is 3.29. The van der Waals surface area contributed by atoms with Crippen molar-refractivity contribution in [3.8, 4) is 0 Å². The Labute approximate surface area is 283 Å². The van der Waals surface area contributed by atoms with Crippen molar-refractivity contribution in [3.63, 3.8) is 0 Å². The number of carbonyl (C=O) groups excluding carboxylic acids is 3. The minimum absolute atomic E-state index is 0.0404. The highest BCUT2D eigenvalue weighted by molar-refractivity contribution is 5.69. The Morgan fingerprint density at radius 3 is 1.60 bits per heavy atom. The van der Waals surface area contributed by atoms with Gasteiger partial charge in [-0.15, -0.1) is 0 Å². The summed E-state index contributed by atoms with van der Waals surface area (Å²) in [5.41, 5.74) is -1.29. The van der Waals surface area contributed by atoms with Gasteiger partial charge in [-0.1, -0.05) is 0 Å². The maximum atomic E-state index is 12.1. The van der Waals surface area contributed by atoms with Crippen LogP contribution in [0.15, 0.2) is 0 Å². The van der Waals surface area contributed by atoms with Gasteiger partial charge >= 0.3 is 18.3 Å². The van der Waals surface area contributed by atoms with Crippen LogP contribution in [-0.4, -0.2) is 154 Å². The van der Waals surface area contributed by atoms with Crippen LogP contribution in [0.5, 0.6) is 0 Å². The molecule has 14 nitrogen and oxygen atoms in total. The lowest BCUT2D eigenvalue weighted by Gasteiger charge is -2.41. The van der Waals surface area contributed by atoms with Crippen LogP contribution < -0.4 is 16.0 Å². The maximum absolute atomic E-state index is 12.1. The minimum Gasteiger partial charge on any atom is -0.444 e. The third-order valence-electron chi connectivity index (χ3n) is 6.95. The molecule has 0 aromatic heterocycles. The number of hydrogen-bond acceptors (Lipinski definition) is 11. The summed E-state index contributed by atoms with van der Waals surface area (Å²) in [6.07, 6.45) is -0.700. The quantitative estimate of drug-likeness (QED) is 0.378. The van der Waals surface area contributed by atoms with E-state index < -0.39 is 16.8 Å². The number of rotatable bonds is 4. The Morgan fingerprint density at radius 1 is 0.660 bits per heavy atom. The highest BCUT2D eigenvalue weighted by Gasteiger charge is 2.34. The summed E-state index contributed by atoms with van der Waals surface area (Å²) in [6.45, 7) is 28.1. The number of amides is 3. The summed E-state index contributed by atoms with van der Waals surface area (Å²) in [4.78, 5) is 40.8. The van der Waals surface area contributed by atoms with E-state index in [0.29, 0.717) is 32.3 Å². The molecule has 0 radical (unpaired) electrons. The van der Waals surface area contributed by atoms with Gasteiger partial charge < -0.3 is 49.4 Å². The Morgan fingerprint density at radius 2 is 1.13 bits per heavy atom. The smallest absolute Gasteiger partial charge is 0.410 e. The fraction of sp³-hybridized carbons (Fsp3) is 0.909. The van der Waals surface area contributed by atoms with E-state index in [0.717, 1.165) is 39.3 Å². The molecule has 14 heteroatoms. The van der Waals surface area contributed by atoms with Gasteiger partial charge in [0.2, 0.25) is 0 Å². The van der Waals surface area contributed by atoms with Crippen LogP contribution in [0.2, 0.25) is 0 Å². The van der Waals surface area contributed by atoms with Crippen LogP contribution in [0.4, 0.5) is 14.4 Å². The van der Waals surface area contributed by atoms with Crippen molar-refractivity contribution in [2.24, 2.45) is 0 Å². The third-order valence-corrected chi connectivity index (χ3v) is 6.95. The molecule has 276 valence electrons. The maximum Gasteiger partial charge on any atom is 0.410 e. The second-order valence-electron chi connectivity index (χ2n) is 15.3. The summed E-state index contributed by atoms with van der Waals surface area (Å²) in [6, 6.07) is 0.722. The molecule has 0 aliphatic carbocycles. The summed E-state index contributed by atoms with van der Waals surface area (Å²) < 4.78 is 26.3. The zero-order chi connectivity index (χ0) is 36.0. The molecule has 4 atom stereocenters. The van der Waals surface area contributed by atoms with Crippen LogP contribution in [0.1, 0.15) is 76.2 Å². The van der Waals surface area contributed by atoms with Gasteiger partial charge in [-0.25, -0.2) is 14.4 Å². The van der Waals surface area contributed by atoms with Crippen molar-refractivity contribution >= 4 is 18.3 Å². The van der Waals surface area contributed by atoms with E-state index in [-0.39, 0.29) is 36.4 Å². The number of methoxy groups -OCH3 is 2. The highest BCUT2D eigenvalue weighted by Crippen LogP contribution is 2.17. The Hall–Kier alpha value is -2.39. The summed E-state index contributed by atoms with van der Waals surface area (Å²) in [7, 11) is 3.31. The van der Waals surface area contributed by atoms with E-state index >= 15 is 0 Å². The topological polar surface area (TPSA) is 143 Å². The molecule has 3 N–H and O–H groups in total. The second kappa shape index (κ2) is 19.6. The third kappa shape index (κ3) is 18.1. The number of piperazine rings is 3. The molecule has 3 heterocycles. The second-order valence-corrected chi connectivity index (χ2v) is 15.3. The number of carbonyl (C=O) groups is 3. The molecule has 0 saturated carbocycles. The average molecular weight is 675 g/mol. The first-order valence-corrected chi connectivity index (χ1v) is 16.8. The zero-order valence-corrected chi connectivity index (χ0v) is 31.5. The first-order chi connectivity index (χ1) is 21.7. The van der Waals surface area contributed by atoms with Crippen molar-refractivity contribution in [2.45, 2.75) is 117 Å². The molecule has 3 aliphatic heterocycles. The fourth-order valence-electron chi connectivity index (χ4n) is 5.05. The molecule has 3 rings (SSSR count). The number of ether oxygens (including phenoxy) is 5. The van der Waals surface area contributed by atoms with E-state index in [9.17, 15) is 14.4 Å². The van der Waals surface area contributed by atoms with E-state index in [1.807, 2.05) is 69.2 Å². The molecule has 4 unspecified atom stereocenters. The van der Waals surface area contributed by atoms with Crippen LogP contribution in [0, 0.1) is 0 Å². The van der Waals surface area contributed by atoms with Crippen molar-refractivity contribution in [1.82, 2.24) is 30.7 Å². The Balaban J connectivity index is 0.000000354. The predicted molar refractivity (Wildman–Crippen MR) is 183 cm³/mol. The molecule has 3 aliphatic rings. The SMILES string of the molecule is CC1CN(C(=O)OC(C)(C)C)CCN1.COCC1CN(C(=O)OC(C)(C)C)CCN1.COCC1CNCC(C)N1C(=O)OC(C)(C)C. The van der Waals surface area contributed by atoms with Gasteiger partial charge in [-0.2, -0.15) is 0 Å². The molecular weight excluding hydrogens is 608 g/mol. The van der Waals surface area contributed by atoms with E-state index in [4.69, 9.17) is 23.7 Å². The molecule has 0 bridgehead atoms. The van der Waals surface area contributed by atoms with Crippen LogP contribution in [0.25, 0.3) is 0 Å². The summed E-state index contributed by atoms with van der Waals surface area (Å²) >= 11 is 0. The largest absolute Gasteiger partial charge is 0.444 e. The van der Waals surface area contributed by atoms with Gasteiger partial charge in [0.1, 0.15) is 16.8 Å². The lowest BCUT2D eigenvalue weighted by molar-refractivity contribution is -0.0122.